The number of halogens is 1. The molecule has 2 rings (SSSR count). The van der Waals surface area contributed by atoms with Crippen molar-refractivity contribution in [3.63, 3.8) is 0 Å². The van der Waals surface area contributed by atoms with Crippen LogP contribution in [0.5, 0.6) is 0 Å². The number of hydrogen-bond acceptors (Lipinski definition) is 2. The number of hydrogen-bond donors (Lipinski definition) is 1. The smallest absolute Gasteiger partial charge is 0.0699 e. The minimum absolute atomic E-state index is 0.0896. The second-order valence-electron chi connectivity index (χ2n) is 5.14. The first-order valence-electron chi connectivity index (χ1n) is 6.00. The molecule has 0 bridgehead atoms. The van der Waals surface area contributed by atoms with Crippen LogP contribution in [0.2, 0.25) is 0 Å². The molecule has 0 aromatic carbocycles. The van der Waals surface area contributed by atoms with Gasteiger partial charge in [-0.2, -0.15) is 5.10 Å². The molecule has 0 amide bonds. The molecule has 0 aliphatic heterocycles. The summed E-state index contributed by atoms with van der Waals surface area (Å²) in [6, 6.07) is 0.450. The molecule has 16 heavy (non-hydrogen) atoms. The van der Waals surface area contributed by atoms with E-state index in [-0.39, 0.29) is 6.04 Å². The summed E-state index contributed by atoms with van der Waals surface area (Å²) in [6.07, 6.45) is 4.53. The van der Waals surface area contributed by atoms with Gasteiger partial charge in [-0.25, -0.2) is 0 Å². The van der Waals surface area contributed by atoms with E-state index >= 15 is 0 Å². The average Bonchev–Trinajstić information content (AvgIpc) is 2.99. The van der Waals surface area contributed by atoms with Crippen LogP contribution in [-0.2, 0) is 0 Å². The maximum absolute atomic E-state index is 6.37. The molecule has 2 N–H and O–H groups in total. The maximum Gasteiger partial charge on any atom is 0.0699 e. The fourth-order valence-electron chi connectivity index (χ4n) is 2.24. The lowest BCUT2D eigenvalue weighted by Crippen LogP contribution is -2.25. The molecule has 1 aromatic heterocycles. The fourth-order valence-corrected chi connectivity index (χ4v) is 2.78. The van der Waals surface area contributed by atoms with Gasteiger partial charge in [-0.3, -0.25) is 4.68 Å². The summed E-state index contributed by atoms with van der Waals surface area (Å²) >= 11 is 3.56. The highest BCUT2D eigenvalue weighted by Gasteiger charge is 2.34. The molecular formula is C12H20BrN3. The molecule has 2 unspecified atom stereocenters. The molecule has 0 radical (unpaired) electrons. The van der Waals surface area contributed by atoms with Gasteiger partial charge in [-0.1, -0.05) is 6.92 Å². The standard InChI is InChI=1S/C12H20BrN3/c1-7(2)16-12(10(13)6-15-16)11(14)8(3)9-4-5-9/h6-9,11H,4-5,14H2,1-3H3. The predicted molar refractivity (Wildman–Crippen MR) is 69.1 cm³/mol. The Kier molecular flexibility index (Phi) is 3.40. The fraction of sp³-hybridized carbons (Fsp3) is 0.750. The highest BCUT2D eigenvalue weighted by molar-refractivity contribution is 9.10. The molecule has 2 atom stereocenters. The van der Waals surface area contributed by atoms with E-state index in [2.05, 4.69) is 41.8 Å². The first-order chi connectivity index (χ1) is 7.52. The van der Waals surface area contributed by atoms with Crippen LogP contribution in [0.3, 0.4) is 0 Å². The van der Waals surface area contributed by atoms with Crippen molar-refractivity contribution in [2.75, 3.05) is 0 Å². The second kappa shape index (κ2) is 4.49. The van der Waals surface area contributed by atoms with Crippen LogP contribution in [0.25, 0.3) is 0 Å². The van der Waals surface area contributed by atoms with Gasteiger partial charge in [-0.15, -0.1) is 0 Å². The highest BCUT2D eigenvalue weighted by atomic mass is 79.9. The molecule has 1 saturated carbocycles. The van der Waals surface area contributed by atoms with E-state index < -0.39 is 0 Å². The summed E-state index contributed by atoms with van der Waals surface area (Å²) in [5, 5.41) is 4.39. The molecule has 1 aromatic rings. The monoisotopic (exact) mass is 285 g/mol. The zero-order valence-electron chi connectivity index (χ0n) is 10.2. The molecule has 1 aliphatic rings. The van der Waals surface area contributed by atoms with Crippen LogP contribution < -0.4 is 5.73 Å². The Morgan fingerprint density at radius 1 is 1.44 bits per heavy atom. The molecule has 0 saturated heterocycles. The lowest BCUT2D eigenvalue weighted by molar-refractivity contribution is 0.379. The third kappa shape index (κ3) is 2.18. The van der Waals surface area contributed by atoms with Crippen molar-refractivity contribution in [2.45, 2.75) is 45.7 Å². The average molecular weight is 286 g/mol. The van der Waals surface area contributed by atoms with E-state index in [9.17, 15) is 0 Å². The number of nitrogens with zero attached hydrogens (tertiary/aromatic N) is 2. The van der Waals surface area contributed by atoms with Crippen LogP contribution >= 0.6 is 15.9 Å². The van der Waals surface area contributed by atoms with Crippen molar-refractivity contribution in [2.24, 2.45) is 17.6 Å². The minimum Gasteiger partial charge on any atom is -0.322 e. The van der Waals surface area contributed by atoms with Crippen molar-refractivity contribution in [1.82, 2.24) is 9.78 Å². The summed E-state index contributed by atoms with van der Waals surface area (Å²) in [4.78, 5) is 0. The molecule has 90 valence electrons. The Labute approximate surface area is 106 Å². The van der Waals surface area contributed by atoms with Crippen LogP contribution in [-0.4, -0.2) is 9.78 Å². The minimum atomic E-state index is 0.0896. The number of nitrogens with two attached hydrogens (primary N) is 1. The molecule has 0 spiro atoms. The van der Waals surface area contributed by atoms with Crippen molar-refractivity contribution >= 4 is 15.9 Å². The first kappa shape index (κ1) is 12.1. The summed E-state index contributed by atoms with van der Waals surface area (Å²) in [5.41, 5.74) is 7.52. The molecule has 1 fully saturated rings. The maximum atomic E-state index is 6.37. The Morgan fingerprint density at radius 3 is 2.56 bits per heavy atom. The van der Waals surface area contributed by atoms with E-state index in [1.165, 1.54) is 12.8 Å². The van der Waals surface area contributed by atoms with Gasteiger partial charge >= 0.3 is 0 Å². The van der Waals surface area contributed by atoms with Crippen molar-refractivity contribution < 1.29 is 0 Å². The van der Waals surface area contributed by atoms with Gasteiger partial charge in [0.05, 0.1) is 22.4 Å². The van der Waals surface area contributed by atoms with Gasteiger partial charge in [0.1, 0.15) is 0 Å². The van der Waals surface area contributed by atoms with Gasteiger partial charge < -0.3 is 5.73 Å². The summed E-state index contributed by atoms with van der Waals surface area (Å²) < 4.78 is 3.08. The van der Waals surface area contributed by atoms with Gasteiger partial charge in [0.2, 0.25) is 0 Å². The van der Waals surface area contributed by atoms with Crippen LogP contribution in [0.4, 0.5) is 0 Å². The zero-order chi connectivity index (χ0) is 11.9. The Balaban J connectivity index is 2.26. The van der Waals surface area contributed by atoms with E-state index in [0.717, 1.165) is 16.1 Å². The predicted octanol–water partition coefficient (Wildman–Crippen LogP) is 3.27. The molecule has 3 nitrogen and oxygen atoms in total. The van der Waals surface area contributed by atoms with Crippen molar-refractivity contribution in [3.05, 3.63) is 16.4 Å². The molecule has 1 aliphatic carbocycles. The van der Waals surface area contributed by atoms with Crippen LogP contribution in [0, 0.1) is 11.8 Å². The lowest BCUT2D eigenvalue weighted by atomic mass is 9.94. The van der Waals surface area contributed by atoms with Gasteiger partial charge in [0.15, 0.2) is 0 Å². The van der Waals surface area contributed by atoms with Crippen molar-refractivity contribution in [3.8, 4) is 0 Å². The SMILES string of the molecule is CC(C1CC1)C(N)c1c(Br)cnn1C(C)C. The summed E-state index contributed by atoms with van der Waals surface area (Å²) in [5.74, 6) is 1.36. The van der Waals surface area contributed by atoms with Crippen LogP contribution in [0.15, 0.2) is 10.7 Å². The lowest BCUT2D eigenvalue weighted by Gasteiger charge is -2.22. The van der Waals surface area contributed by atoms with E-state index in [1.807, 2.05) is 10.9 Å². The van der Waals surface area contributed by atoms with Gasteiger partial charge in [0.25, 0.3) is 0 Å². The Hall–Kier alpha value is -0.350. The molecular weight excluding hydrogens is 266 g/mol. The van der Waals surface area contributed by atoms with Crippen molar-refractivity contribution in [1.29, 1.82) is 0 Å². The van der Waals surface area contributed by atoms with Crippen LogP contribution in [0.1, 0.15) is 51.4 Å². The largest absolute Gasteiger partial charge is 0.322 e. The highest BCUT2D eigenvalue weighted by Crippen LogP contribution is 2.43. The number of rotatable bonds is 4. The number of aromatic nitrogens is 2. The summed E-state index contributed by atoms with van der Waals surface area (Å²) in [6.45, 7) is 6.53. The molecule has 4 heteroatoms. The zero-order valence-corrected chi connectivity index (χ0v) is 11.7. The Morgan fingerprint density at radius 2 is 2.06 bits per heavy atom. The van der Waals surface area contributed by atoms with E-state index in [1.54, 1.807) is 0 Å². The van der Waals surface area contributed by atoms with E-state index in [0.29, 0.717) is 12.0 Å². The normalized spacial score (nSPS) is 20.1. The third-order valence-electron chi connectivity index (χ3n) is 3.52. The first-order valence-corrected chi connectivity index (χ1v) is 6.80. The topological polar surface area (TPSA) is 43.8 Å². The Bertz CT molecular complexity index is 368. The van der Waals surface area contributed by atoms with E-state index in [4.69, 9.17) is 5.73 Å². The quantitative estimate of drug-likeness (QED) is 0.923. The summed E-state index contributed by atoms with van der Waals surface area (Å²) in [7, 11) is 0. The second-order valence-corrected chi connectivity index (χ2v) is 5.99. The van der Waals surface area contributed by atoms with Gasteiger partial charge in [-0.05, 0) is 54.5 Å². The van der Waals surface area contributed by atoms with Gasteiger partial charge in [0, 0.05) is 6.04 Å². The third-order valence-corrected chi connectivity index (χ3v) is 4.13. The molecule has 1 heterocycles.